The highest BCUT2D eigenvalue weighted by atomic mass is 16.6. The van der Waals surface area contributed by atoms with E-state index in [-0.39, 0.29) is 30.2 Å². The molecule has 0 radical (unpaired) electrons. The Hall–Kier alpha value is -3.50. The molecule has 1 amide bonds. The van der Waals surface area contributed by atoms with Gasteiger partial charge in [0.1, 0.15) is 24.0 Å². The largest absolute Gasteiger partial charge is 0.497 e. The predicted octanol–water partition coefficient (Wildman–Crippen LogP) is 1.55. The van der Waals surface area contributed by atoms with Crippen LogP contribution in [0.2, 0.25) is 0 Å². The first-order chi connectivity index (χ1) is 16.0. The number of aromatic nitrogens is 4. The van der Waals surface area contributed by atoms with Crippen LogP contribution in [0.1, 0.15) is 16.4 Å². The molecule has 33 heavy (non-hydrogen) atoms. The zero-order valence-corrected chi connectivity index (χ0v) is 18.7. The Morgan fingerprint density at radius 3 is 2.67 bits per heavy atom. The number of amides is 1. The van der Waals surface area contributed by atoms with Gasteiger partial charge in [-0.1, -0.05) is 12.1 Å². The quantitative estimate of drug-likeness (QED) is 0.603. The summed E-state index contributed by atoms with van der Waals surface area (Å²) in [5.41, 5.74) is 2.47. The Morgan fingerprint density at radius 2 is 1.91 bits per heavy atom. The van der Waals surface area contributed by atoms with E-state index in [0.717, 1.165) is 17.0 Å². The zero-order valence-electron chi connectivity index (χ0n) is 18.7. The van der Waals surface area contributed by atoms with Crippen LogP contribution in [0.3, 0.4) is 0 Å². The van der Waals surface area contributed by atoms with Crippen LogP contribution >= 0.6 is 0 Å². The summed E-state index contributed by atoms with van der Waals surface area (Å²) < 4.78 is 19.2. The molecule has 0 aliphatic carbocycles. The molecular formula is C23H26N6O4. The topological polar surface area (TPSA) is 104 Å². The molecule has 3 heterocycles. The van der Waals surface area contributed by atoms with Crippen molar-refractivity contribution >= 4 is 11.6 Å². The van der Waals surface area contributed by atoms with Crippen LogP contribution < -0.4 is 15.0 Å². The molecule has 0 saturated carbocycles. The summed E-state index contributed by atoms with van der Waals surface area (Å²) in [6.07, 6.45) is -0.540. The summed E-state index contributed by atoms with van der Waals surface area (Å²) in [6, 6.07) is 14.6. The zero-order chi connectivity index (χ0) is 22.9. The van der Waals surface area contributed by atoms with Crippen molar-refractivity contribution in [3.05, 3.63) is 54.1 Å². The minimum absolute atomic E-state index is 0.152. The third kappa shape index (κ3) is 4.03. The fourth-order valence-corrected chi connectivity index (χ4v) is 4.34. The van der Waals surface area contributed by atoms with Gasteiger partial charge in [-0.15, -0.1) is 5.10 Å². The van der Waals surface area contributed by atoms with Gasteiger partial charge in [0, 0.05) is 30.9 Å². The van der Waals surface area contributed by atoms with Crippen molar-refractivity contribution in [3.8, 4) is 17.1 Å². The molecule has 172 valence electrons. The number of hydrogen-bond acceptors (Lipinski definition) is 8. The lowest BCUT2D eigenvalue weighted by Crippen LogP contribution is -2.44. The fraction of sp³-hybridized carbons (Fsp3) is 0.391. The maximum absolute atomic E-state index is 12.8. The summed E-state index contributed by atoms with van der Waals surface area (Å²) in [7, 11) is 5.54. The van der Waals surface area contributed by atoms with Crippen molar-refractivity contribution in [3.63, 3.8) is 0 Å². The van der Waals surface area contributed by atoms with E-state index in [1.165, 1.54) is 0 Å². The Balaban J connectivity index is 1.29. The minimum atomic E-state index is -0.276. The van der Waals surface area contributed by atoms with Crippen LogP contribution in [0.4, 0.5) is 5.69 Å². The number of nitrogens with zero attached hydrogens (tertiary/aromatic N) is 5. The molecule has 2 aromatic carbocycles. The van der Waals surface area contributed by atoms with Crippen LogP contribution in [-0.4, -0.2) is 78.8 Å². The highest BCUT2D eigenvalue weighted by molar-refractivity contribution is 5.94. The van der Waals surface area contributed by atoms with E-state index in [1.54, 1.807) is 11.8 Å². The Labute approximate surface area is 191 Å². The number of methoxy groups -OCH3 is 1. The van der Waals surface area contributed by atoms with Crippen molar-refractivity contribution < 1.29 is 19.0 Å². The minimum Gasteiger partial charge on any atom is -0.497 e. The molecule has 2 aliphatic rings. The van der Waals surface area contributed by atoms with Crippen molar-refractivity contribution in [2.45, 2.75) is 24.3 Å². The SMILES string of the molecule is COc1cccc(-c2nnnn2[C@H]2CO[C@H]3[C@H]2OC[C@H]3NC(=O)c2ccc(N(C)C)cc2)c1. The third-order valence-corrected chi connectivity index (χ3v) is 6.12. The lowest BCUT2D eigenvalue weighted by molar-refractivity contribution is 0.0615. The fourth-order valence-electron chi connectivity index (χ4n) is 4.34. The molecule has 2 fully saturated rings. The van der Waals surface area contributed by atoms with E-state index < -0.39 is 0 Å². The molecule has 5 rings (SSSR count). The van der Waals surface area contributed by atoms with Crippen molar-refractivity contribution in [1.29, 1.82) is 0 Å². The lowest BCUT2D eigenvalue weighted by atomic mass is 10.1. The highest BCUT2D eigenvalue weighted by Crippen LogP contribution is 2.36. The van der Waals surface area contributed by atoms with E-state index in [0.29, 0.717) is 24.6 Å². The molecule has 2 saturated heterocycles. The molecule has 2 aliphatic heterocycles. The number of carbonyl (C=O) groups is 1. The van der Waals surface area contributed by atoms with E-state index in [9.17, 15) is 4.79 Å². The maximum atomic E-state index is 12.8. The maximum Gasteiger partial charge on any atom is 0.251 e. The number of hydrogen-bond donors (Lipinski definition) is 1. The first-order valence-corrected chi connectivity index (χ1v) is 10.8. The molecule has 1 aromatic heterocycles. The second kappa shape index (κ2) is 8.80. The van der Waals surface area contributed by atoms with Crippen LogP contribution in [0, 0.1) is 0 Å². The first kappa shape index (κ1) is 21.4. The molecule has 10 heteroatoms. The van der Waals surface area contributed by atoms with Gasteiger partial charge in [0.25, 0.3) is 5.91 Å². The Bertz CT molecular complexity index is 1130. The number of anilines is 1. The molecule has 10 nitrogen and oxygen atoms in total. The standard InChI is InChI=1S/C23H26N6O4/c1-28(2)16-9-7-14(8-10-16)23(30)24-18-12-32-21-19(13-33-20(18)21)29-22(25-26-27-29)15-5-4-6-17(11-15)31-3/h4-11,18-21H,12-13H2,1-3H3,(H,24,30)/t18-,19+,20-,21+/m1/s1. The summed E-state index contributed by atoms with van der Waals surface area (Å²) >= 11 is 0. The summed E-state index contributed by atoms with van der Waals surface area (Å²) in [5, 5.41) is 15.4. The summed E-state index contributed by atoms with van der Waals surface area (Å²) in [5.74, 6) is 1.18. The Kier molecular flexibility index (Phi) is 5.69. The number of benzene rings is 2. The Morgan fingerprint density at radius 1 is 1.12 bits per heavy atom. The van der Waals surface area contributed by atoms with Gasteiger partial charge in [-0.3, -0.25) is 4.79 Å². The average molecular weight is 450 g/mol. The average Bonchev–Trinajstić information content (AvgIpc) is 3.56. The summed E-state index contributed by atoms with van der Waals surface area (Å²) in [4.78, 5) is 14.8. The van der Waals surface area contributed by atoms with Crippen LogP contribution in [-0.2, 0) is 9.47 Å². The van der Waals surface area contributed by atoms with Gasteiger partial charge < -0.3 is 24.4 Å². The summed E-state index contributed by atoms with van der Waals surface area (Å²) in [6.45, 7) is 0.755. The molecule has 0 unspecified atom stereocenters. The molecule has 3 aromatic rings. The predicted molar refractivity (Wildman–Crippen MR) is 120 cm³/mol. The van der Waals surface area contributed by atoms with Gasteiger partial charge in [0.2, 0.25) is 0 Å². The number of tetrazole rings is 1. The highest BCUT2D eigenvalue weighted by Gasteiger charge is 2.50. The second-order valence-electron chi connectivity index (χ2n) is 8.36. The second-order valence-corrected chi connectivity index (χ2v) is 8.36. The molecule has 0 spiro atoms. The lowest BCUT2D eigenvalue weighted by Gasteiger charge is -2.18. The van der Waals surface area contributed by atoms with Gasteiger partial charge in [0.15, 0.2) is 5.82 Å². The molecule has 0 bridgehead atoms. The third-order valence-electron chi connectivity index (χ3n) is 6.12. The van der Waals surface area contributed by atoms with Crippen LogP contribution in [0.25, 0.3) is 11.4 Å². The van der Waals surface area contributed by atoms with Gasteiger partial charge in [-0.25, -0.2) is 4.68 Å². The van der Waals surface area contributed by atoms with E-state index in [1.807, 2.05) is 67.5 Å². The molecular weight excluding hydrogens is 424 g/mol. The van der Waals surface area contributed by atoms with E-state index >= 15 is 0 Å². The van der Waals surface area contributed by atoms with Gasteiger partial charge in [0.05, 0.1) is 26.4 Å². The normalized spacial score (nSPS) is 23.8. The van der Waals surface area contributed by atoms with Crippen molar-refractivity contribution in [2.75, 3.05) is 39.3 Å². The first-order valence-electron chi connectivity index (χ1n) is 10.8. The van der Waals surface area contributed by atoms with Gasteiger partial charge in [-0.2, -0.15) is 0 Å². The van der Waals surface area contributed by atoms with E-state index in [4.69, 9.17) is 14.2 Å². The number of ether oxygens (including phenoxy) is 3. The number of nitrogens with one attached hydrogen (secondary N) is 1. The van der Waals surface area contributed by atoms with Crippen molar-refractivity contribution in [2.24, 2.45) is 0 Å². The monoisotopic (exact) mass is 450 g/mol. The van der Waals surface area contributed by atoms with Gasteiger partial charge >= 0.3 is 0 Å². The number of carbonyl (C=O) groups excluding carboxylic acids is 1. The van der Waals surface area contributed by atoms with E-state index in [2.05, 4.69) is 20.8 Å². The molecule has 4 atom stereocenters. The van der Waals surface area contributed by atoms with Crippen LogP contribution in [0.5, 0.6) is 5.75 Å². The van der Waals surface area contributed by atoms with Crippen LogP contribution in [0.15, 0.2) is 48.5 Å². The number of fused-ring (bicyclic) bond motifs is 1. The van der Waals surface area contributed by atoms with Crippen molar-refractivity contribution in [1.82, 2.24) is 25.5 Å². The molecule has 1 N–H and O–H groups in total. The number of rotatable bonds is 6. The van der Waals surface area contributed by atoms with Gasteiger partial charge in [-0.05, 0) is 46.8 Å². The smallest absolute Gasteiger partial charge is 0.251 e.